The standard InChI is InChI=1S/C28H47NO4/c1-2-3-4-5-6-7-8-9-10-11-12-13-14-15-16-17-18-19-20-21-28(30)33-27-24-22-26(23-25-27)29(31)32/h22-25H,2-21H2,1H3. The molecule has 0 spiro atoms. The highest BCUT2D eigenvalue weighted by Gasteiger charge is 2.08. The van der Waals surface area contributed by atoms with E-state index in [1.165, 1.54) is 133 Å². The smallest absolute Gasteiger partial charge is 0.311 e. The Morgan fingerprint density at radius 1 is 0.667 bits per heavy atom. The number of nitro benzene ring substituents is 1. The maximum atomic E-state index is 11.9. The van der Waals surface area contributed by atoms with E-state index in [0.29, 0.717) is 12.2 Å². The Bertz CT molecular complexity index is 615. The van der Waals surface area contributed by atoms with Crippen LogP contribution in [0.2, 0.25) is 0 Å². The van der Waals surface area contributed by atoms with Gasteiger partial charge in [0, 0.05) is 18.6 Å². The van der Waals surface area contributed by atoms with Crippen molar-refractivity contribution in [2.45, 2.75) is 135 Å². The number of rotatable bonds is 22. The van der Waals surface area contributed by atoms with Gasteiger partial charge in [0.15, 0.2) is 0 Å². The van der Waals surface area contributed by atoms with Crippen molar-refractivity contribution in [2.75, 3.05) is 0 Å². The summed E-state index contributed by atoms with van der Waals surface area (Å²) in [5.41, 5.74) is -0.00592. The van der Waals surface area contributed by atoms with Crippen molar-refractivity contribution in [3.8, 4) is 5.75 Å². The third kappa shape index (κ3) is 17.3. The van der Waals surface area contributed by atoms with Crippen LogP contribution in [0.4, 0.5) is 5.69 Å². The second-order valence-electron chi connectivity index (χ2n) is 9.34. The molecule has 1 aromatic carbocycles. The molecule has 0 aromatic heterocycles. The number of ether oxygens (including phenoxy) is 1. The highest BCUT2D eigenvalue weighted by atomic mass is 16.6. The van der Waals surface area contributed by atoms with E-state index < -0.39 is 4.92 Å². The second-order valence-corrected chi connectivity index (χ2v) is 9.34. The molecule has 5 heteroatoms. The SMILES string of the molecule is CCCCCCCCCCCCCCCCCCCCCC(=O)Oc1ccc([N+](=O)[O-])cc1. The largest absolute Gasteiger partial charge is 0.427 e. The van der Waals surface area contributed by atoms with Crippen molar-refractivity contribution in [3.05, 3.63) is 34.4 Å². The summed E-state index contributed by atoms with van der Waals surface area (Å²) in [6.45, 7) is 2.28. The summed E-state index contributed by atoms with van der Waals surface area (Å²) in [6.07, 6.45) is 25.6. The normalized spacial score (nSPS) is 10.9. The number of esters is 1. The van der Waals surface area contributed by atoms with Gasteiger partial charge in [0.05, 0.1) is 4.92 Å². The molecule has 0 bridgehead atoms. The average molecular weight is 462 g/mol. The van der Waals surface area contributed by atoms with E-state index >= 15 is 0 Å². The molecule has 0 atom stereocenters. The molecule has 0 N–H and O–H groups in total. The fraction of sp³-hybridized carbons (Fsp3) is 0.750. The third-order valence-corrected chi connectivity index (χ3v) is 6.26. The Balaban J connectivity index is 1.80. The van der Waals surface area contributed by atoms with Gasteiger partial charge >= 0.3 is 5.97 Å². The highest BCUT2D eigenvalue weighted by Crippen LogP contribution is 2.18. The van der Waals surface area contributed by atoms with E-state index in [2.05, 4.69) is 6.92 Å². The first-order valence-electron chi connectivity index (χ1n) is 13.6. The summed E-state index contributed by atoms with van der Waals surface area (Å²) in [4.78, 5) is 22.0. The van der Waals surface area contributed by atoms with Gasteiger partial charge in [0.25, 0.3) is 5.69 Å². The number of hydrogen-bond acceptors (Lipinski definition) is 4. The number of nitrogens with zero attached hydrogens (tertiary/aromatic N) is 1. The molecule has 188 valence electrons. The van der Waals surface area contributed by atoms with Gasteiger partial charge in [-0.25, -0.2) is 0 Å². The monoisotopic (exact) mass is 461 g/mol. The van der Waals surface area contributed by atoms with Crippen molar-refractivity contribution in [3.63, 3.8) is 0 Å². The van der Waals surface area contributed by atoms with Crippen LogP contribution in [0.3, 0.4) is 0 Å². The maximum Gasteiger partial charge on any atom is 0.311 e. The Kier molecular flexibility index (Phi) is 18.2. The van der Waals surface area contributed by atoms with Gasteiger partial charge in [-0.1, -0.05) is 122 Å². The van der Waals surface area contributed by atoms with E-state index in [-0.39, 0.29) is 11.7 Å². The van der Waals surface area contributed by atoms with E-state index in [1.54, 1.807) is 0 Å². The van der Waals surface area contributed by atoms with Gasteiger partial charge in [-0.15, -0.1) is 0 Å². The fourth-order valence-corrected chi connectivity index (χ4v) is 4.17. The molecule has 0 saturated heterocycles. The lowest BCUT2D eigenvalue weighted by molar-refractivity contribution is -0.384. The quantitative estimate of drug-likeness (QED) is 0.0567. The lowest BCUT2D eigenvalue weighted by atomic mass is 10.0. The van der Waals surface area contributed by atoms with Crippen LogP contribution in [0.25, 0.3) is 0 Å². The Labute approximate surface area is 201 Å². The maximum absolute atomic E-state index is 11.9. The van der Waals surface area contributed by atoms with Crippen molar-refractivity contribution in [1.82, 2.24) is 0 Å². The molecule has 0 amide bonds. The van der Waals surface area contributed by atoms with Crippen LogP contribution >= 0.6 is 0 Å². The van der Waals surface area contributed by atoms with Gasteiger partial charge < -0.3 is 4.74 Å². The van der Waals surface area contributed by atoms with Crippen molar-refractivity contribution >= 4 is 11.7 Å². The summed E-state index contributed by atoms with van der Waals surface area (Å²) in [6, 6.07) is 5.62. The zero-order valence-corrected chi connectivity index (χ0v) is 21.0. The van der Waals surface area contributed by atoms with Crippen molar-refractivity contribution in [1.29, 1.82) is 0 Å². The number of carbonyl (C=O) groups excluding carboxylic acids is 1. The fourth-order valence-electron chi connectivity index (χ4n) is 4.17. The number of non-ortho nitro benzene ring substituents is 1. The summed E-state index contributed by atoms with van der Waals surface area (Å²) in [5, 5.41) is 10.6. The molecular weight excluding hydrogens is 414 g/mol. The molecular formula is C28H47NO4. The summed E-state index contributed by atoms with van der Waals surface area (Å²) >= 11 is 0. The first-order chi connectivity index (χ1) is 16.1. The van der Waals surface area contributed by atoms with Crippen molar-refractivity contribution < 1.29 is 14.5 Å². The minimum Gasteiger partial charge on any atom is -0.427 e. The molecule has 0 fully saturated rings. The molecule has 0 unspecified atom stereocenters. The van der Waals surface area contributed by atoms with Gasteiger partial charge in [0.1, 0.15) is 5.75 Å². The summed E-state index contributed by atoms with van der Waals surface area (Å²) in [5.74, 6) is 0.0965. The number of carbonyl (C=O) groups is 1. The Hall–Kier alpha value is -1.91. The van der Waals surface area contributed by atoms with Crippen LogP contribution in [-0.2, 0) is 4.79 Å². The van der Waals surface area contributed by atoms with E-state index in [0.717, 1.165) is 12.8 Å². The Morgan fingerprint density at radius 2 is 1.03 bits per heavy atom. The van der Waals surface area contributed by atoms with Gasteiger partial charge in [0.2, 0.25) is 0 Å². The third-order valence-electron chi connectivity index (χ3n) is 6.26. The summed E-state index contributed by atoms with van der Waals surface area (Å²) in [7, 11) is 0. The van der Waals surface area contributed by atoms with Crippen molar-refractivity contribution in [2.24, 2.45) is 0 Å². The van der Waals surface area contributed by atoms with Crippen LogP contribution in [0.1, 0.15) is 135 Å². The molecule has 1 rings (SSSR count). The lowest BCUT2D eigenvalue weighted by Gasteiger charge is -2.05. The number of unbranched alkanes of at least 4 members (excludes halogenated alkanes) is 18. The predicted molar refractivity (Wildman–Crippen MR) is 137 cm³/mol. The van der Waals surface area contributed by atoms with Crippen LogP contribution in [-0.4, -0.2) is 10.9 Å². The average Bonchev–Trinajstić information content (AvgIpc) is 2.81. The molecule has 0 aliphatic carbocycles. The van der Waals surface area contributed by atoms with Crippen LogP contribution in [0.5, 0.6) is 5.75 Å². The zero-order chi connectivity index (χ0) is 24.0. The topological polar surface area (TPSA) is 69.4 Å². The molecule has 0 heterocycles. The highest BCUT2D eigenvalue weighted by molar-refractivity contribution is 5.72. The Morgan fingerprint density at radius 3 is 1.39 bits per heavy atom. The molecule has 5 nitrogen and oxygen atoms in total. The molecule has 0 aliphatic heterocycles. The first-order valence-corrected chi connectivity index (χ1v) is 13.6. The molecule has 33 heavy (non-hydrogen) atoms. The predicted octanol–water partition coefficient (Wildman–Crippen LogP) is 9.32. The van der Waals surface area contributed by atoms with Gasteiger partial charge in [-0.2, -0.15) is 0 Å². The molecule has 1 aromatic rings. The minimum atomic E-state index is -0.468. The number of hydrogen-bond donors (Lipinski definition) is 0. The first kappa shape index (κ1) is 29.1. The van der Waals surface area contributed by atoms with E-state index in [9.17, 15) is 14.9 Å². The van der Waals surface area contributed by atoms with Crippen LogP contribution in [0.15, 0.2) is 24.3 Å². The van der Waals surface area contributed by atoms with Gasteiger partial charge in [-0.3, -0.25) is 14.9 Å². The molecule has 0 radical (unpaired) electrons. The van der Waals surface area contributed by atoms with Gasteiger partial charge in [-0.05, 0) is 18.6 Å². The lowest BCUT2D eigenvalue weighted by Crippen LogP contribution is -2.07. The zero-order valence-electron chi connectivity index (χ0n) is 21.0. The minimum absolute atomic E-state index is 0.00592. The van der Waals surface area contributed by atoms with E-state index in [4.69, 9.17) is 4.74 Å². The second kappa shape index (κ2) is 20.7. The van der Waals surface area contributed by atoms with Crippen LogP contribution < -0.4 is 4.74 Å². The molecule has 0 aliphatic rings. The number of benzene rings is 1. The number of nitro groups is 1. The summed E-state index contributed by atoms with van der Waals surface area (Å²) < 4.78 is 5.22. The van der Waals surface area contributed by atoms with E-state index in [1.807, 2.05) is 0 Å². The molecule has 0 saturated carbocycles. The van der Waals surface area contributed by atoms with Crippen LogP contribution in [0, 0.1) is 10.1 Å².